The minimum atomic E-state index is -3.49. The highest BCUT2D eigenvalue weighted by molar-refractivity contribution is 7.88. The number of aliphatic hydroxyl groups is 1. The molecule has 0 aliphatic heterocycles. The Hall–Kier alpha value is -1.42. The van der Waals surface area contributed by atoms with Crippen LogP contribution in [0.2, 0.25) is 0 Å². The molecule has 0 spiro atoms. The Balaban J connectivity index is 2.81. The van der Waals surface area contributed by atoms with Gasteiger partial charge in [0.05, 0.1) is 17.4 Å². The van der Waals surface area contributed by atoms with Gasteiger partial charge in [0.2, 0.25) is 10.0 Å². The largest absolute Gasteiger partial charge is 0.396 e. The summed E-state index contributed by atoms with van der Waals surface area (Å²) < 4.78 is 26.9. The number of nitriles is 1. The van der Waals surface area contributed by atoms with Crippen molar-refractivity contribution in [1.29, 1.82) is 5.26 Å². The highest BCUT2D eigenvalue weighted by atomic mass is 32.2. The molecule has 1 atom stereocenters. The van der Waals surface area contributed by atoms with Crippen LogP contribution in [0.25, 0.3) is 0 Å². The summed E-state index contributed by atoms with van der Waals surface area (Å²) in [5.41, 5.74) is 0.483. The fourth-order valence-electron chi connectivity index (χ4n) is 1.85. The minimum Gasteiger partial charge on any atom is -0.396 e. The van der Waals surface area contributed by atoms with Crippen LogP contribution < -0.4 is 4.72 Å². The highest BCUT2D eigenvalue weighted by Gasteiger charge is 2.27. The predicted molar refractivity (Wildman–Crippen MR) is 77.3 cm³/mol. The molecular weight excluding hydrogens is 276 g/mol. The average Bonchev–Trinajstić information content (AvgIpc) is 2.38. The van der Waals surface area contributed by atoms with E-state index in [1.165, 1.54) is 0 Å². The van der Waals surface area contributed by atoms with Crippen LogP contribution in [0.5, 0.6) is 0 Å². The van der Waals surface area contributed by atoms with Crippen molar-refractivity contribution in [3.05, 3.63) is 35.4 Å². The second-order valence-corrected chi connectivity index (χ2v) is 6.78. The number of sulfonamides is 1. The molecule has 5 nitrogen and oxygen atoms in total. The molecule has 0 bridgehead atoms. The van der Waals surface area contributed by atoms with Gasteiger partial charge in [0.1, 0.15) is 0 Å². The number of nitrogens with zero attached hydrogens (tertiary/aromatic N) is 1. The molecule has 0 saturated heterocycles. The molecule has 0 aliphatic rings. The maximum Gasteiger partial charge on any atom is 0.216 e. The summed E-state index contributed by atoms with van der Waals surface area (Å²) in [6, 6.07) is 8.44. The van der Waals surface area contributed by atoms with E-state index >= 15 is 0 Å². The number of hydrogen-bond donors (Lipinski definition) is 2. The SMILES string of the molecule is CCC(C)(CCO)NS(=O)(=O)Cc1ccc(C#N)cc1. The van der Waals surface area contributed by atoms with Gasteiger partial charge in [-0.2, -0.15) is 5.26 Å². The number of hydrogen-bond acceptors (Lipinski definition) is 4. The predicted octanol–water partition coefficient (Wildman–Crippen LogP) is 1.53. The van der Waals surface area contributed by atoms with Crippen LogP contribution in [0.1, 0.15) is 37.8 Å². The standard InChI is InChI=1S/C14H20N2O3S/c1-3-14(2,8-9-17)16-20(18,19)11-13-6-4-12(10-15)5-7-13/h4-7,16-17H,3,8-9,11H2,1-2H3. The first-order valence-corrected chi connectivity index (χ1v) is 8.11. The fraction of sp³-hybridized carbons (Fsp3) is 0.500. The highest BCUT2D eigenvalue weighted by Crippen LogP contribution is 2.17. The van der Waals surface area contributed by atoms with E-state index < -0.39 is 15.6 Å². The molecule has 6 heteroatoms. The van der Waals surface area contributed by atoms with Gasteiger partial charge < -0.3 is 5.11 Å². The van der Waals surface area contributed by atoms with E-state index in [9.17, 15) is 8.42 Å². The van der Waals surface area contributed by atoms with E-state index in [1.54, 1.807) is 31.2 Å². The second-order valence-electron chi connectivity index (χ2n) is 5.06. The Morgan fingerprint density at radius 1 is 1.35 bits per heavy atom. The van der Waals surface area contributed by atoms with Crippen molar-refractivity contribution in [2.24, 2.45) is 0 Å². The molecule has 0 saturated carbocycles. The van der Waals surface area contributed by atoms with Crippen LogP contribution in [-0.4, -0.2) is 25.7 Å². The fourth-order valence-corrected chi connectivity index (χ4v) is 3.55. The zero-order valence-electron chi connectivity index (χ0n) is 11.8. The van der Waals surface area contributed by atoms with Crippen LogP contribution >= 0.6 is 0 Å². The van der Waals surface area contributed by atoms with Crippen molar-refractivity contribution >= 4 is 10.0 Å². The summed E-state index contributed by atoms with van der Waals surface area (Å²) in [4.78, 5) is 0. The summed E-state index contributed by atoms with van der Waals surface area (Å²) in [6.07, 6.45) is 0.969. The summed E-state index contributed by atoms with van der Waals surface area (Å²) in [5, 5.41) is 17.7. The Labute approximate surface area is 120 Å². The van der Waals surface area contributed by atoms with E-state index in [0.29, 0.717) is 24.0 Å². The van der Waals surface area contributed by atoms with Gasteiger partial charge in [-0.25, -0.2) is 13.1 Å². The zero-order chi connectivity index (χ0) is 15.2. The topological polar surface area (TPSA) is 90.2 Å². The molecule has 0 heterocycles. The Kier molecular flexibility index (Phi) is 5.69. The molecular formula is C14H20N2O3S. The number of rotatable bonds is 7. The summed E-state index contributed by atoms with van der Waals surface area (Å²) in [7, 11) is -3.49. The molecule has 1 rings (SSSR count). The van der Waals surface area contributed by atoms with Crippen molar-refractivity contribution in [2.45, 2.75) is 38.0 Å². The van der Waals surface area contributed by atoms with E-state index in [-0.39, 0.29) is 12.4 Å². The molecule has 1 aromatic carbocycles. The molecule has 0 amide bonds. The van der Waals surface area contributed by atoms with Gasteiger partial charge in [-0.3, -0.25) is 0 Å². The van der Waals surface area contributed by atoms with Gasteiger partial charge >= 0.3 is 0 Å². The van der Waals surface area contributed by atoms with Crippen molar-refractivity contribution in [3.8, 4) is 6.07 Å². The molecule has 1 unspecified atom stereocenters. The van der Waals surface area contributed by atoms with Gasteiger partial charge in [-0.15, -0.1) is 0 Å². The van der Waals surface area contributed by atoms with Gasteiger partial charge in [-0.1, -0.05) is 19.1 Å². The zero-order valence-corrected chi connectivity index (χ0v) is 12.6. The Morgan fingerprint density at radius 3 is 2.40 bits per heavy atom. The maximum atomic E-state index is 12.1. The lowest BCUT2D eigenvalue weighted by atomic mass is 9.97. The van der Waals surface area contributed by atoms with E-state index in [1.807, 2.05) is 13.0 Å². The summed E-state index contributed by atoms with van der Waals surface area (Å²) in [6.45, 7) is 3.59. The van der Waals surface area contributed by atoms with Crippen molar-refractivity contribution in [3.63, 3.8) is 0 Å². The van der Waals surface area contributed by atoms with E-state index in [4.69, 9.17) is 10.4 Å². The molecule has 0 radical (unpaired) electrons. The van der Waals surface area contributed by atoms with Gasteiger partial charge in [0, 0.05) is 12.1 Å². The average molecular weight is 296 g/mol. The molecule has 2 N–H and O–H groups in total. The van der Waals surface area contributed by atoms with Crippen LogP contribution in [0.15, 0.2) is 24.3 Å². The van der Waals surface area contributed by atoms with Gasteiger partial charge in [0.25, 0.3) is 0 Å². The van der Waals surface area contributed by atoms with Crippen molar-refractivity contribution in [2.75, 3.05) is 6.61 Å². The quantitative estimate of drug-likeness (QED) is 0.798. The van der Waals surface area contributed by atoms with Crippen molar-refractivity contribution < 1.29 is 13.5 Å². The monoisotopic (exact) mass is 296 g/mol. The second kappa shape index (κ2) is 6.84. The first kappa shape index (κ1) is 16.6. The van der Waals surface area contributed by atoms with Crippen LogP contribution in [-0.2, 0) is 15.8 Å². The third kappa shape index (κ3) is 4.93. The number of benzene rings is 1. The van der Waals surface area contributed by atoms with E-state index in [0.717, 1.165) is 0 Å². The third-order valence-electron chi connectivity index (χ3n) is 3.29. The lowest BCUT2D eigenvalue weighted by molar-refractivity contribution is 0.233. The Morgan fingerprint density at radius 2 is 1.95 bits per heavy atom. The molecule has 20 heavy (non-hydrogen) atoms. The number of aliphatic hydroxyl groups excluding tert-OH is 1. The molecule has 1 aromatic rings. The van der Waals surface area contributed by atoms with Crippen molar-refractivity contribution in [1.82, 2.24) is 4.72 Å². The lowest BCUT2D eigenvalue weighted by Crippen LogP contribution is -2.46. The number of nitrogens with one attached hydrogen (secondary N) is 1. The summed E-state index contributed by atoms with van der Waals surface area (Å²) in [5.74, 6) is -0.139. The van der Waals surface area contributed by atoms with Crippen LogP contribution in [0, 0.1) is 11.3 Å². The van der Waals surface area contributed by atoms with Gasteiger partial charge in [-0.05, 0) is 37.5 Å². The van der Waals surface area contributed by atoms with Gasteiger partial charge in [0.15, 0.2) is 0 Å². The Bertz CT molecular complexity index is 575. The minimum absolute atomic E-state index is 0.0657. The van der Waals surface area contributed by atoms with Crippen LogP contribution in [0.4, 0.5) is 0 Å². The molecule has 0 aliphatic carbocycles. The van der Waals surface area contributed by atoms with E-state index in [2.05, 4.69) is 4.72 Å². The maximum absolute atomic E-state index is 12.1. The summed E-state index contributed by atoms with van der Waals surface area (Å²) >= 11 is 0. The molecule has 0 aromatic heterocycles. The smallest absolute Gasteiger partial charge is 0.216 e. The normalized spacial score (nSPS) is 14.5. The first-order chi connectivity index (χ1) is 9.34. The third-order valence-corrected chi connectivity index (χ3v) is 4.80. The molecule has 0 fully saturated rings. The van der Waals surface area contributed by atoms with Crippen LogP contribution in [0.3, 0.4) is 0 Å². The molecule has 110 valence electrons. The lowest BCUT2D eigenvalue weighted by Gasteiger charge is -2.28. The first-order valence-electron chi connectivity index (χ1n) is 6.46.